The fourth-order valence-electron chi connectivity index (χ4n) is 1.86. The Bertz CT molecular complexity index is 324. The van der Waals surface area contributed by atoms with Gasteiger partial charge in [-0.1, -0.05) is 51.1 Å². The second kappa shape index (κ2) is 3.87. The molecule has 0 aliphatic carbocycles. The van der Waals surface area contributed by atoms with Crippen molar-refractivity contribution in [1.29, 1.82) is 0 Å². The Labute approximate surface area is 86.6 Å². The Morgan fingerprint density at radius 1 is 1.07 bits per heavy atom. The number of nitrogens with two attached hydrogens (primary N) is 1. The van der Waals surface area contributed by atoms with E-state index in [9.17, 15) is 0 Å². The topological polar surface area (TPSA) is 26.0 Å². The van der Waals surface area contributed by atoms with Crippen molar-refractivity contribution in [1.82, 2.24) is 0 Å². The molecule has 0 amide bonds. The Kier molecular flexibility index (Phi) is 3.00. The quantitative estimate of drug-likeness (QED) is 0.719. The third-order valence-electron chi connectivity index (χ3n) is 2.21. The van der Waals surface area contributed by atoms with Crippen LogP contribution in [-0.2, 0) is 0 Å². The Morgan fingerprint density at radius 2 is 1.57 bits per heavy atom. The number of benzene rings is 1. The second-order valence-corrected chi connectivity index (χ2v) is 4.67. The van der Waals surface area contributed by atoms with Gasteiger partial charge in [0.15, 0.2) is 0 Å². The predicted octanol–water partition coefficient (Wildman–Crippen LogP) is 3.42. The molecule has 0 unspecified atom stereocenters. The first-order valence-electron chi connectivity index (χ1n) is 4.95. The summed E-state index contributed by atoms with van der Waals surface area (Å²) in [5.74, 6) is 0. The molecule has 1 aromatic carbocycles. The number of rotatable bonds is 1. The van der Waals surface area contributed by atoms with E-state index in [-0.39, 0.29) is 5.41 Å². The molecule has 0 aliphatic heterocycles. The third-order valence-corrected chi connectivity index (χ3v) is 2.21. The van der Waals surface area contributed by atoms with E-state index in [0.717, 1.165) is 5.70 Å². The van der Waals surface area contributed by atoms with E-state index < -0.39 is 0 Å². The fraction of sp³-hybridized carbons (Fsp3) is 0.385. The van der Waals surface area contributed by atoms with Crippen molar-refractivity contribution in [2.45, 2.75) is 27.7 Å². The molecule has 0 spiro atoms. The molecule has 0 saturated carbocycles. The molecule has 1 rings (SSSR count). The van der Waals surface area contributed by atoms with Crippen LogP contribution in [0.5, 0.6) is 0 Å². The molecule has 76 valence electrons. The summed E-state index contributed by atoms with van der Waals surface area (Å²) in [6.07, 6.45) is 0. The molecule has 0 heterocycles. The SMILES string of the molecule is CC(N)=C(c1ccccc1)C(C)(C)C. The largest absolute Gasteiger partial charge is 0.402 e. The third kappa shape index (κ3) is 2.38. The van der Waals surface area contributed by atoms with Gasteiger partial charge in [0.25, 0.3) is 0 Å². The first-order chi connectivity index (χ1) is 6.43. The number of hydrogen-bond donors (Lipinski definition) is 1. The van der Waals surface area contributed by atoms with Gasteiger partial charge >= 0.3 is 0 Å². The van der Waals surface area contributed by atoms with Crippen molar-refractivity contribution in [3.05, 3.63) is 41.6 Å². The van der Waals surface area contributed by atoms with Gasteiger partial charge in [-0.3, -0.25) is 0 Å². The highest BCUT2D eigenvalue weighted by atomic mass is 14.6. The molecule has 1 aromatic rings. The van der Waals surface area contributed by atoms with E-state index in [1.54, 1.807) is 0 Å². The van der Waals surface area contributed by atoms with E-state index >= 15 is 0 Å². The molecule has 1 nitrogen and oxygen atoms in total. The van der Waals surface area contributed by atoms with Crippen molar-refractivity contribution < 1.29 is 0 Å². The Hall–Kier alpha value is -1.24. The van der Waals surface area contributed by atoms with Crippen molar-refractivity contribution in [2.75, 3.05) is 0 Å². The van der Waals surface area contributed by atoms with Gasteiger partial charge in [-0.05, 0) is 23.5 Å². The zero-order valence-corrected chi connectivity index (χ0v) is 9.46. The molecular formula is C13H19N. The van der Waals surface area contributed by atoms with Gasteiger partial charge in [-0.15, -0.1) is 0 Å². The van der Waals surface area contributed by atoms with Gasteiger partial charge in [0, 0.05) is 5.70 Å². The maximum atomic E-state index is 5.93. The van der Waals surface area contributed by atoms with Gasteiger partial charge < -0.3 is 5.73 Å². The Balaban J connectivity index is 3.24. The lowest BCUT2D eigenvalue weighted by Gasteiger charge is -2.24. The van der Waals surface area contributed by atoms with Gasteiger partial charge in [0.2, 0.25) is 0 Å². The summed E-state index contributed by atoms with van der Waals surface area (Å²) in [4.78, 5) is 0. The van der Waals surface area contributed by atoms with Crippen molar-refractivity contribution in [3.8, 4) is 0 Å². The lowest BCUT2D eigenvalue weighted by atomic mass is 9.81. The van der Waals surface area contributed by atoms with E-state index in [2.05, 4.69) is 32.9 Å². The van der Waals surface area contributed by atoms with Crippen molar-refractivity contribution >= 4 is 5.57 Å². The molecule has 1 heteroatoms. The summed E-state index contributed by atoms with van der Waals surface area (Å²) in [7, 11) is 0. The maximum absolute atomic E-state index is 5.93. The number of hydrogen-bond acceptors (Lipinski definition) is 1. The summed E-state index contributed by atoms with van der Waals surface area (Å²) >= 11 is 0. The van der Waals surface area contributed by atoms with Gasteiger partial charge in [-0.2, -0.15) is 0 Å². The van der Waals surface area contributed by atoms with Crippen molar-refractivity contribution in [2.24, 2.45) is 11.1 Å². The zero-order valence-electron chi connectivity index (χ0n) is 9.46. The molecule has 2 N–H and O–H groups in total. The lowest BCUT2D eigenvalue weighted by Crippen LogP contribution is -2.13. The fourth-order valence-corrected chi connectivity index (χ4v) is 1.86. The molecular weight excluding hydrogens is 170 g/mol. The molecule has 0 atom stereocenters. The molecule has 0 bridgehead atoms. The van der Waals surface area contributed by atoms with Crippen LogP contribution >= 0.6 is 0 Å². The van der Waals surface area contributed by atoms with E-state index in [0.29, 0.717) is 0 Å². The minimum atomic E-state index is 0.0974. The highest BCUT2D eigenvalue weighted by Gasteiger charge is 2.19. The van der Waals surface area contributed by atoms with Crippen LogP contribution in [0.1, 0.15) is 33.3 Å². The van der Waals surface area contributed by atoms with E-state index in [4.69, 9.17) is 5.73 Å². The van der Waals surface area contributed by atoms with Gasteiger partial charge in [0.1, 0.15) is 0 Å². The zero-order chi connectivity index (χ0) is 10.8. The van der Waals surface area contributed by atoms with Crippen LogP contribution in [-0.4, -0.2) is 0 Å². The smallest absolute Gasteiger partial charge is 0.00928 e. The highest BCUT2D eigenvalue weighted by molar-refractivity contribution is 5.71. The maximum Gasteiger partial charge on any atom is 0.00928 e. The number of allylic oxidation sites excluding steroid dienone is 2. The highest BCUT2D eigenvalue weighted by Crippen LogP contribution is 2.34. The van der Waals surface area contributed by atoms with E-state index in [1.165, 1.54) is 11.1 Å². The second-order valence-electron chi connectivity index (χ2n) is 4.67. The van der Waals surface area contributed by atoms with Crippen LogP contribution in [0.25, 0.3) is 5.57 Å². The van der Waals surface area contributed by atoms with E-state index in [1.807, 2.05) is 25.1 Å². The Morgan fingerprint density at radius 3 is 1.93 bits per heavy atom. The normalized spacial score (nSPS) is 13.7. The minimum Gasteiger partial charge on any atom is -0.402 e. The first-order valence-corrected chi connectivity index (χ1v) is 4.95. The molecule has 0 aromatic heterocycles. The summed E-state index contributed by atoms with van der Waals surface area (Å²) in [5.41, 5.74) is 9.39. The van der Waals surface area contributed by atoms with Crippen LogP contribution in [0.3, 0.4) is 0 Å². The van der Waals surface area contributed by atoms with Gasteiger partial charge in [0.05, 0.1) is 0 Å². The molecule has 0 radical (unpaired) electrons. The average molecular weight is 189 g/mol. The van der Waals surface area contributed by atoms with Crippen LogP contribution < -0.4 is 5.73 Å². The van der Waals surface area contributed by atoms with Crippen LogP contribution in [0.2, 0.25) is 0 Å². The molecule has 14 heavy (non-hydrogen) atoms. The molecule has 0 aliphatic rings. The van der Waals surface area contributed by atoms with Crippen LogP contribution in [0, 0.1) is 5.41 Å². The first kappa shape index (κ1) is 10.8. The minimum absolute atomic E-state index is 0.0974. The summed E-state index contributed by atoms with van der Waals surface area (Å²) in [6.45, 7) is 8.52. The predicted molar refractivity (Wildman–Crippen MR) is 62.7 cm³/mol. The van der Waals surface area contributed by atoms with Crippen LogP contribution in [0.15, 0.2) is 36.0 Å². The summed E-state index contributed by atoms with van der Waals surface area (Å²) < 4.78 is 0. The average Bonchev–Trinajstić information content (AvgIpc) is 2.02. The van der Waals surface area contributed by atoms with Gasteiger partial charge in [-0.25, -0.2) is 0 Å². The molecule has 0 fully saturated rings. The van der Waals surface area contributed by atoms with Crippen LogP contribution in [0.4, 0.5) is 0 Å². The monoisotopic (exact) mass is 189 g/mol. The standard InChI is InChI=1S/C13H19N/c1-10(14)12(13(2,3)4)11-8-6-5-7-9-11/h5-9H,14H2,1-4H3. The lowest BCUT2D eigenvalue weighted by molar-refractivity contribution is 0.563. The summed E-state index contributed by atoms with van der Waals surface area (Å²) in [6, 6.07) is 10.3. The van der Waals surface area contributed by atoms with Crippen molar-refractivity contribution in [3.63, 3.8) is 0 Å². The summed E-state index contributed by atoms with van der Waals surface area (Å²) in [5, 5.41) is 0. The molecule has 0 saturated heterocycles.